The van der Waals surface area contributed by atoms with Crippen molar-refractivity contribution in [2.24, 2.45) is 0 Å². The molecule has 1 heterocycles. The van der Waals surface area contributed by atoms with Crippen LogP contribution in [0.5, 0.6) is 0 Å². The molecule has 5 nitrogen and oxygen atoms in total. The molecule has 0 atom stereocenters. The third kappa shape index (κ3) is 2.37. The zero-order valence-electron chi connectivity index (χ0n) is 12.8. The van der Waals surface area contributed by atoms with E-state index in [2.05, 4.69) is 11.2 Å². The molecule has 1 aromatic carbocycles. The van der Waals surface area contributed by atoms with E-state index < -0.39 is 0 Å². The molecule has 112 valence electrons. The summed E-state index contributed by atoms with van der Waals surface area (Å²) in [5.74, 6) is 0.157. The highest BCUT2D eigenvalue weighted by Gasteiger charge is 2.29. The molecule has 0 radical (unpaired) electrons. The van der Waals surface area contributed by atoms with E-state index >= 15 is 0 Å². The average molecular weight is 294 g/mol. The summed E-state index contributed by atoms with van der Waals surface area (Å²) in [5.41, 5.74) is 4.53. The number of carbonyl (C=O) groups is 1. The van der Waals surface area contributed by atoms with E-state index in [0.717, 1.165) is 34.6 Å². The second-order valence-electron chi connectivity index (χ2n) is 5.67. The Balaban J connectivity index is 2.03. The van der Waals surface area contributed by atoms with Crippen LogP contribution in [-0.4, -0.2) is 29.7 Å². The van der Waals surface area contributed by atoms with Gasteiger partial charge >= 0.3 is 0 Å². The molecule has 0 aliphatic heterocycles. The molecule has 0 fully saturated rings. The van der Waals surface area contributed by atoms with Crippen LogP contribution >= 0.6 is 0 Å². The first-order chi connectivity index (χ1) is 10.6. The topological polar surface area (TPSA) is 61.9 Å². The van der Waals surface area contributed by atoms with Gasteiger partial charge in [0.05, 0.1) is 30.3 Å². The number of hydrogen-bond acceptors (Lipinski definition) is 4. The van der Waals surface area contributed by atoms with Crippen molar-refractivity contribution in [3.05, 3.63) is 35.5 Å². The molecule has 0 bridgehead atoms. The number of anilines is 1. The quantitative estimate of drug-likeness (QED) is 0.869. The summed E-state index contributed by atoms with van der Waals surface area (Å²) in [7, 11) is 3.99. The van der Waals surface area contributed by atoms with Crippen molar-refractivity contribution < 1.29 is 4.79 Å². The minimum Gasteiger partial charge on any atom is -0.378 e. The Bertz CT molecular complexity index is 750. The van der Waals surface area contributed by atoms with E-state index in [0.29, 0.717) is 19.4 Å². The molecule has 0 spiro atoms. The average Bonchev–Trinajstić information content (AvgIpc) is 3.07. The lowest BCUT2D eigenvalue weighted by atomic mass is 10.1. The minimum atomic E-state index is 0.157. The van der Waals surface area contributed by atoms with Crippen molar-refractivity contribution in [2.45, 2.75) is 25.8 Å². The number of benzene rings is 1. The van der Waals surface area contributed by atoms with Gasteiger partial charge in [-0.3, -0.25) is 9.48 Å². The van der Waals surface area contributed by atoms with Gasteiger partial charge in [-0.2, -0.15) is 10.4 Å². The fraction of sp³-hybridized carbons (Fsp3) is 0.353. The van der Waals surface area contributed by atoms with Crippen molar-refractivity contribution in [3.8, 4) is 17.3 Å². The van der Waals surface area contributed by atoms with Crippen LogP contribution in [0.25, 0.3) is 11.3 Å². The number of aryl methyl sites for hydroxylation is 1. The van der Waals surface area contributed by atoms with Gasteiger partial charge in [0.1, 0.15) is 5.69 Å². The van der Waals surface area contributed by atoms with Crippen molar-refractivity contribution in [2.75, 3.05) is 19.0 Å². The zero-order valence-corrected chi connectivity index (χ0v) is 12.8. The van der Waals surface area contributed by atoms with Gasteiger partial charge < -0.3 is 4.90 Å². The first-order valence-corrected chi connectivity index (χ1v) is 7.39. The van der Waals surface area contributed by atoms with Crippen LogP contribution in [0.4, 0.5) is 5.69 Å². The van der Waals surface area contributed by atoms with Crippen LogP contribution in [0.2, 0.25) is 0 Å². The maximum Gasteiger partial charge on any atom is 0.167 e. The van der Waals surface area contributed by atoms with Gasteiger partial charge in [-0.1, -0.05) is 12.1 Å². The monoisotopic (exact) mass is 294 g/mol. The van der Waals surface area contributed by atoms with Crippen LogP contribution in [0.1, 0.15) is 28.9 Å². The van der Waals surface area contributed by atoms with Crippen molar-refractivity contribution >= 4 is 11.5 Å². The highest BCUT2D eigenvalue weighted by atomic mass is 16.1. The molecular weight excluding hydrogens is 276 g/mol. The number of fused-ring (bicyclic) bond motifs is 1. The fourth-order valence-corrected chi connectivity index (χ4v) is 2.86. The van der Waals surface area contributed by atoms with E-state index in [9.17, 15) is 4.79 Å². The van der Waals surface area contributed by atoms with E-state index in [1.165, 1.54) is 0 Å². The van der Waals surface area contributed by atoms with Gasteiger partial charge in [0.15, 0.2) is 5.78 Å². The van der Waals surface area contributed by atoms with E-state index in [4.69, 9.17) is 5.26 Å². The van der Waals surface area contributed by atoms with Crippen molar-refractivity contribution in [1.29, 1.82) is 5.26 Å². The second-order valence-corrected chi connectivity index (χ2v) is 5.67. The Kier molecular flexibility index (Phi) is 3.68. The largest absolute Gasteiger partial charge is 0.378 e. The van der Waals surface area contributed by atoms with E-state index in [1.807, 2.05) is 47.9 Å². The summed E-state index contributed by atoms with van der Waals surface area (Å²) < 4.78 is 1.83. The maximum atomic E-state index is 12.2. The van der Waals surface area contributed by atoms with Crippen molar-refractivity contribution in [3.63, 3.8) is 0 Å². The summed E-state index contributed by atoms with van der Waals surface area (Å²) in [6.07, 6.45) is 1.67. The summed E-state index contributed by atoms with van der Waals surface area (Å²) in [4.78, 5) is 14.2. The Labute approximate surface area is 129 Å². The predicted molar refractivity (Wildman–Crippen MR) is 84.9 cm³/mol. The van der Waals surface area contributed by atoms with E-state index in [1.54, 1.807) is 0 Å². The van der Waals surface area contributed by atoms with Crippen LogP contribution in [0.15, 0.2) is 24.3 Å². The molecule has 1 aromatic heterocycles. The summed E-state index contributed by atoms with van der Waals surface area (Å²) in [6.45, 7) is 0.544. The van der Waals surface area contributed by atoms with Crippen LogP contribution < -0.4 is 4.90 Å². The number of carbonyl (C=O) groups excluding carboxylic acids is 1. The fourth-order valence-electron chi connectivity index (χ4n) is 2.86. The molecule has 1 aliphatic carbocycles. The maximum absolute atomic E-state index is 12.2. The number of hydrogen-bond donors (Lipinski definition) is 0. The number of Topliss-reactive ketones (excluding diaryl/α,β-unsaturated/α-hetero) is 1. The van der Waals surface area contributed by atoms with Crippen LogP contribution in [0, 0.1) is 11.3 Å². The zero-order chi connectivity index (χ0) is 15.7. The first-order valence-electron chi connectivity index (χ1n) is 7.39. The highest BCUT2D eigenvalue weighted by molar-refractivity contribution is 6.05. The molecule has 22 heavy (non-hydrogen) atoms. The number of rotatable bonds is 4. The summed E-state index contributed by atoms with van der Waals surface area (Å²) >= 11 is 0. The number of nitrogens with zero attached hydrogens (tertiary/aromatic N) is 4. The predicted octanol–water partition coefficient (Wildman–Crippen LogP) is 2.66. The number of ketones is 1. The van der Waals surface area contributed by atoms with E-state index in [-0.39, 0.29) is 5.78 Å². The van der Waals surface area contributed by atoms with Gasteiger partial charge in [-0.05, 0) is 18.6 Å². The SMILES string of the molecule is CN(C)c1ccc(-c2nn(CCC#N)c3c2C(=O)CC3)cc1. The molecule has 3 rings (SSSR count). The van der Waals surface area contributed by atoms with Gasteiger partial charge in [0.2, 0.25) is 0 Å². The summed E-state index contributed by atoms with van der Waals surface area (Å²) in [5, 5.41) is 13.4. The molecule has 0 amide bonds. The van der Waals surface area contributed by atoms with Gasteiger partial charge in [0, 0.05) is 31.8 Å². The Morgan fingerprint density at radius 1 is 1.27 bits per heavy atom. The first kappa shape index (κ1) is 14.3. The third-order valence-electron chi connectivity index (χ3n) is 4.02. The molecule has 1 aliphatic rings. The molecule has 5 heteroatoms. The third-order valence-corrected chi connectivity index (χ3v) is 4.02. The molecular formula is C17H18N4O. The molecule has 0 unspecified atom stereocenters. The van der Waals surface area contributed by atoms with Gasteiger partial charge in [-0.25, -0.2) is 0 Å². The van der Waals surface area contributed by atoms with Crippen LogP contribution in [-0.2, 0) is 13.0 Å². The van der Waals surface area contributed by atoms with Crippen molar-refractivity contribution in [1.82, 2.24) is 9.78 Å². The normalized spacial score (nSPS) is 13.0. The molecule has 0 N–H and O–H groups in total. The van der Waals surface area contributed by atoms with Crippen LogP contribution in [0.3, 0.4) is 0 Å². The Morgan fingerprint density at radius 3 is 2.64 bits per heavy atom. The Morgan fingerprint density at radius 2 is 2.00 bits per heavy atom. The van der Waals surface area contributed by atoms with Gasteiger partial charge in [0.25, 0.3) is 0 Å². The minimum absolute atomic E-state index is 0.157. The number of nitriles is 1. The summed E-state index contributed by atoms with van der Waals surface area (Å²) in [6, 6.07) is 10.2. The lowest BCUT2D eigenvalue weighted by Crippen LogP contribution is -2.08. The second kappa shape index (κ2) is 5.64. The highest BCUT2D eigenvalue weighted by Crippen LogP contribution is 2.32. The van der Waals surface area contributed by atoms with Gasteiger partial charge in [-0.15, -0.1) is 0 Å². The lowest BCUT2D eigenvalue weighted by Gasteiger charge is -2.12. The lowest BCUT2D eigenvalue weighted by molar-refractivity contribution is 0.0995. The smallest absolute Gasteiger partial charge is 0.167 e. The Hall–Kier alpha value is -2.61. The molecule has 2 aromatic rings. The molecule has 0 saturated heterocycles. The number of aromatic nitrogens is 2. The molecule has 0 saturated carbocycles. The standard InChI is InChI=1S/C17H18N4O/c1-20(2)13-6-4-12(5-7-13)17-16-14(8-9-15(16)22)21(19-17)11-3-10-18/h4-7H,3,8-9,11H2,1-2H3.